The highest BCUT2D eigenvalue weighted by molar-refractivity contribution is 6.26. The van der Waals surface area contributed by atoms with E-state index in [1.807, 2.05) is 4.90 Å². The van der Waals surface area contributed by atoms with Crippen LogP contribution in [-0.2, 0) is 14.3 Å². The Balaban J connectivity index is 1.56. The molecule has 3 aliphatic heterocycles. The maximum Gasteiger partial charge on any atom is 0.339 e. The summed E-state index contributed by atoms with van der Waals surface area (Å²) in [6.45, 7) is 0.620. The zero-order valence-electron chi connectivity index (χ0n) is 17.4. The lowest BCUT2D eigenvalue weighted by Gasteiger charge is -2.28. The molecule has 164 valence electrons. The summed E-state index contributed by atoms with van der Waals surface area (Å²) in [6, 6.07) is 10.5. The summed E-state index contributed by atoms with van der Waals surface area (Å²) in [5, 5.41) is 0. The van der Waals surface area contributed by atoms with Gasteiger partial charge in [0, 0.05) is 11.6 Å². The van der Waals surface area contributed by atoms with Gasteiger partial charge < -0.3 is 4.74 Å². The van der Waals surface area contributed by atoms with Crippen LogP contribution in [0.2, 0.25) is 0 Å². The Morgan fingerprint density at radius 1 is 1.00 bits per heavy atom. The lowest BCUT2D eigenvalue weighted by Crippen LogP contribution is -2.46. The van der Waals surface area contributed by atoms with Crippen LogP contribution >= 0.6 is 0 Å². The third-order valence-corrected chi connectivity index (χ3v) is 6.80. The van der Waals surface area contributed by atoms with E-state index in [4.69, 9.17) is 4.74 Å². The Bertz CT molecular complexity index is 1130. The van der Waals surface area contributed by atoms with E-state index in [2.05, 4.69) is 0 Å². The largest absolute Gasteiger partial charge is 0.465 e. The molecule has 3 aliphatic rings. The predicted octanol–water partition coefficient (Wildman–Crippen LogP) is 2.45. The fraction of sp³-hybridized carbons (Fsp3) is 0.333. The Kier molecular flexibility index (Phi) is 4.89. The van der Waals surface area contributed by atoms with Crippen LogP contribution in [-0.4, -0.2) is 54.2 Å². The van der Waals surface area contributed by atoms with Gasteiger partial charge in [-0.2, -0.15) is 0 Å². The maximum absolute atomic E-state index is 13.6. The number of fused-ring (bicyclic) bond motifs is 3. The van der Waals surface area contributed by atoms with Crippen molar-refractivity contribution in [3.05, 3.63) is 65.5 Å². The van der Waals surface area contributed by atoms with E-state index in [9.17, 15) is 23.6 Å². The quantitative estimate of drug-likeness (QED) is 0.416. The number of amides is 2. The van der Waals surface area contributed by atoms with Gasteiger partial charge in [0.05, 0.1) is 36.2 Å². The number of hydrogen-bond acceptors (Lipinski definition) is 6. The number of nitrogens with zero attached hydrogens (tertiary/aromatic N) is 2. The van der Waals surface area contributed by atoms with Crippen molar-refractivity contribution in [2.75, 3.05) is 18.6 Å². The molecule has 0 bridgehead atoms. The molecule has 0 N–H and O–H groups in total. The highest BCUT2D eigenvalue weighted by Gasteiger charge is 2.65. The summed E-state index contributed by atoms with van der Waals surface area (Å²) in [7, 11) is 1.23. The molecule has 0 aromatic heterocycles. The number of benzene rings is 2. The number of rotatable bonds is 4. The number of para-hydroxylation sites is 1. The summed E-state index contributed by atoms with van der Waals surface area (Å²) >= 11 is 0. The van der Waals surface area contributed by atoms with Gasteiger partial charge >= 0.3 is 5.97 Å². The SMILES string of the molecule is COC(=O)c1ccccc1N1C(=O)[C@@H]2[C@H](C1=O)[C@@H](C(=O)c1ccc(F)cc1)N1CCC[C@@H]21. The molecule has 5 rings (SSSR count). The van der Waals surface area contributed by atoms with Crippen molar-refractivity contribution < 1.29 is 28.3 Å². The van der Waals surface area contributed by atoms with E-state index < -0.39 is 41.5 Å². The standard InChI is InChI=1S/C24H21FN2O5/c1-32-24(31)15-5-2-3-6-16(15)27-22(29)18-17-7-4-12-26(17)20(19(18)23(27)30)21(28)13-8-10-14(25)11-9-13/h2-3,5-6,8-11,17-20H,4,7,12H2,1H3/t17-,18-,19-,20-/m0/s1. The van der Waals surface area contributed by atoms with E-state index in [1.165, 1.54) is 43.5 Å². The number of esters is 1. The first kappa shape index (κ1) is 20.5. The first-order chi connectivity index (χ1) is 15.4. The Morgan fingerprint density at radius 3 is 2.41 bits per heavy atom. The van der Waals surface area contributed by atoms with Crippen molar-refractivity contribution in [1.29, 1.82) is 0 Å². The fourth-order valence-electron chi connectivity index (χ4n) is 5.49. The third kappa shape index (κ3) is 2.90. The van der Waals surface area contributed by atoms with Crippen molar-refractivity contribution >= 4 is 29.3 Å². The van der Waals surface area contributed by atoms with Crippen molar-refractivity contribution in [2.45, 2.75) is 24.9 Å². The number of halogens is 1. The summed E-state index contributed by atoms with van der Waals surface area (Å²) in [6.07, 6.45) is 1.53. The van der Waals surface area contributed by atoms with E-state index in [-0.39, 0.29) is 23.1 Å². The molecule has 2 aromatic rings. The van der Waals surface area contributed by atoms with Crippen LogP contribution in [0.15, 0.2) is 48.5 Å². The summed E-state index contributed by atoms with van der Waals surface area (Å²) in [4.78, 5) is 55.8. The number of hydrogen-bond donors (Lipinski definition) is 0. The second-order valence-corrected chi connectivity index (χ2v) is 8.34. The van der Waals surface area contributed by atoms with Crippen LogP contribution in [0.25, 0.3) is 0 Å². The Morgan fingerprint density at radius 2 is 1.69 bits per heavy atom. The number of ketones is 1. The van der Waals surface area contributed by atoms with Gasteiger partial charge in [0.2, 0.25) is 11.8 Å². The smallest absolute Gasteiger partial charge is 0.339 e. The van der Waals surface area contributed by atoms with Gasteiger partial charge in [-0.15, -0.1) is 0 Å². The highest BCUT2D eigenvalue weighted by Crippen LogP contribution is 2.48. The number of ether oxygens (including phenoxy) is 1. The van der Waals surface area contributed by atoms with E-state index >= 15 is 0 Å². The predicted molar refractivity (Wildman–Crippen MR) is 112 cm³/mol. The van der Waals surface area contributed by atoms with Crippen molar-refractivity contribution in [3.63, 3.8) is 0 Å². The van der Waals surface area contributed by atoms with Gasteiger partial charge in [-0.25, -0.2) is 14.1 Å². The minimum atomic E-state index is -0.851. The molecule has 3 heterocycles. The minimum Gasteiger partial charge on any atom is -0.465 e. The van der Waals surface area contributed by atoms with Crippen LogP contribution in [0.3, 0.4) is 0 Å². The number of anilines is 1. The lowest BCUT2D eigenvalue weighted by molar-refractivity contribution is -0.123. The average molecular weight is 436 g/mol. The van der Waals surface area contributed by atoms with E-state index in [0.717, 1.165) is 11.3 Å². The molecule has 0 radical (unpaired) electrons. The van der Waals surface area contributed by atoms with Gasteiger partial charge in [-0.3, -0.25) is 19.3 Å². The van der Waals surface area contributed by atoms with Gasteiger partial charge in [-0.1, -0.05) is 12.1 Å². The zero-order valence-corrected chi connectivity index (χ0v) is 17.4. The first-order valence-electron chi connectivity index (χ1n) is 10.5. The van der Waals surface area contributed by atoms with Crippen molar-refractivity contribution in [3.8, 4) is 0 Å². The molecule has 8 heteroatoms. The molecular weight excluding hydrogens is 415 g/mol. The van der Waals surface area contributed by atoms with E-state index in [1.54, 1.807) is 12.1 Å². The van der Waals surface area contributed by atoms with Crippen LogP contribution in [0.1, 0.15) is 33.6 Å². The highest BCUT2D eigenvalue weighted by atomic mass is 19.1. The van der Waals surface area contributed by atoms with Crippen LogP contribution < -0.4 is 4.90 Å². The van der Waals surface area contributed by atoms with E-state index in [0.29, 0.717) is 18.5 Å². The molecule has 3 saturated heterocycles. The molecule has 0 spiro atoms. The molecule has 0 saturated carbocycles. The van der Waals surface area contributed by atoms with Crippen LogP contribution in [0, 0.1) is 17.7 Å². The number of imide groups is 1. The molecule has 2 amide bonds. The van der Waals surface area contributed by atoms with Crippen LogP contribution in [0.5, 0.6) is 0 Å². The molecule has 3 fully saturated rings. The lowest BCUT2D eigenvalue weighted by atomic mass is 9.85. The molecule has 2 aromatic carbocycles. The summed E-state index contributed by atoms with van der Waals surface area (Å²) in [5.74, 6) is -3.81. The Hall–Kier alpha value is -3.39. The molecule has 32 heavy (non-hydrogen) atoms. The monoisotopic (exact) mass is 436 g/mol. The number of Topliss-reactive ketones (excluding diaryl/α,β-unsaturated/α-hetero) is 1. The third-order valence-electron chi connectivity index (χ3n) is 6.80. The molecule has 4 atom stereocenters. The maximum atomic E-state index is 13.6. The van der Waals surface area contributed by atoms with Crippen molar-refractivity contribution in [2.24, 2.45) is 11.8 Å². The van der Waals surface area contributed by atoms with Crippen molar-refractivity contribution in [1.82, 2.24) is 4.90 Å². The normalized spacial score (nSPS) is 26.9. The molecule has 7 nitrogen and oxygen atoms in total. The minimum absolute atomic E-state index is 0.112. The van der Waals surface area contributed by atoms with Gasteiger partial charge in [0.1, 0.15) is 5.82 Å². The fourth-order valence-corrected chi connectivity index (χ4v) is 5.49. The summed E-state index contributed by atoms with van der Waals surface area (Å²) in [5.41, 5.74) is 0.582. The molecule has 0 unspecified atom stereocenters. The Labute approximate surface area is 183 Å². The number of methoxy groups -OCH3 is 1. The number of carbonyl (C=O) groups excluding carboxylic acids is 4. The molecular formula is C24H21FN2O5. The second-order valence-electron chi connectivity index (χ2n) is 8.34. The zero-order chi connectivity index (χ0) is 22.6. The average Bonchev–Trinajstić information content (AvgIpc) is 3.45. The number of carbonyl (C=O) groups is 4. The van der Waals surface area contributed by atoms with Gasteiger partial charge in [0.25, 0.3) is 0 Å². The second kappa shape index (κ2) is 7.63. The van der Waals surface area contributed by atoms with Crippen LogP contribution in [0.4, 0.5) is 10.1 Å². The van der Waals surface area contributed by atoms with Gasteiger partial charge in [0.15, 0.2) is 5.78 Å². The first-order valence-corrected chi connectivity index (χ1v) is 10.5. The van der Waals surface area contributed by atoms with Gasteiger partial charge in [-0.05, 0) is 55.8 Å². The topological polar surface area (TPSA) is 84.0 Å². The molecule has 0 aliphatic carbocycles. The summed E-state index contributed by atoms with van der Waals surface area (Å²) < 4.78 is 18.2.